The summed E-state index contributed by atoms with van der Waals surface area (Å²) in [5, 5.41) is 16.3. The highest BCUT2D eigenvalue weighted by atomic mass is 35.5. The number of nitrogens with two attached hydrogens (primary N) is 1. The Kier molecular flexibility index (Phi) is 9.02. The number of anilines is 1. The Hall–Kier alpha value is -3.30. The van der Waals surface area contributed by atoms with Crippen molar-refractivity contribution in [2.45, 2.75) is 39.0 Å². The van der Waals surface area contributed by atoms with Crippen molar-refractivity contribution >= 4 is 45.9 Å². The van der Waals surface area contributed by atoms with E-state index in [1.807, 2.05) is 30.3 Å². The molecule has 0 aliphatic carbocycles. The van der Waals surface area contributed by atoms with Crippen LogP contribution in [0.5, 0.6) is 5.75 Å². The lowest BCUT2D eigenvalue weighted by Crippen LogP contribution is -2.32. The van der Waals surface area contributed by atoms with E-state index in [2.05, 4.69) is 10.00 Å². The van der Waals surface area contributed by atoms with Gasteiger partial charge in [0.1, 0.15) is 18.0 Å². The summed E-state index contributed by atoms with van der Waals surface area (Å²) < 4.78 is 12.7. The van der Waals surface area contributed by atoms with Gasteiger partial charge in [0.05, 0.1) is 22.3 Å². The summed E-state index contributed by atoms with van der Waals surface area (Å²) in [5.41, 5.74) is 7.97. The largest absolute Gasteiger partial charge is 0.492 e. The molecule has 10 heteroatoms. The molecular formula is C29H32Cl2N4O4. The van der Waals surface area contributed by atoms with Crippen molar-refractivity contribution in [3.8, 4) is 5.75 Å². The fourth-order valence-corrected chi connectivity index (χ4v) is 4.43. The molecule has 0 aliphatic heterocycles. The predicted octanol–water partition coefficient (Wildman–Crippen LogP) is 6.32. The first-order chi connectivity index (χ1) is 18.5. The van der Waals surface area contributed by atoms with Gasteiger partial charge in [0, 0.05) is 31.1 Å². The molecule has 39 heavy (non-hydrogen) atoms. The molecule has 4 aromatic rings. The fourth-order valence-electron chi connectivity index (χ4n) is 4.08. The molecule has 0 unspecified atom stereocenters. The van der Waals surface area contributed by atoms with Crippen LogP contribution in [0.4, 0.5) is 10.5 Å². The van der Waals surface area contributed by atoms with Gasteiger partial charge in [-0.1, -0.05) is 59.6 Å². The molecule has 8 nitrogen and oxygen atoms in total. The van der Waals surface area contributed by atoms with E-state index in [1.54, 1.807) is 57.2 Å². The minimum absolute atomic E-state index is 0.202. The van der Waals surface area contributed by atoms with Gasteiger partial charge < -0.3 is 20.3 Å². The molecule has 0 amide bonds. The number of halogens is 2. The van der Waals surface area contributed by atoms with Gasteiger partial charge in [0.15, 0.2) is 5.15 Å². The SMILES string of the molecule is CC(C)(C)OC(=O)n1nc(Cl)c2ccc(OCCN(Cc3ccccc3)C[C@H](O)c3ccc(Cl)c(N)c3)cc21. The number of hydrogen-bond acceptors (Lipinski definition) is 7. The quantitative estimate of drug-likeness (QED) is 0.227. The Morgan fingerprint density at radius 2 is 1.85 bits per heavy atom. The Morgan fingerprint density at radius 3 is 2.54 bits per heavy atom. The number of ether oxygens (including phenoxy) is 2. The molecule has 0 saturated heterocycles. The van der Waals surface area contributed by atoms with Gasteiger partial charge in [0.25, 0.3) is 0 Å². The number of fused-ring (bicyclic) bond motifs is 1. The Bertz CT molecular complexity index is 1440. The number of carbonyl (C=O) groups excluding carboxylic acids is 1. The van der Waals surface area contributed by atoms with Gasteiger partial charge >= 0.3 is 6.09 Å². The number of benzene rings is 3. The van der Waals surface area contributed by atoms with Gasteiger partial charge in [-0.25, -0.2) is 4.79 Å². The van der Waals surface area contributed by atoms with E-state index < -0.39 is 17.8 Å². The second-order valence-electron chi connectivity index (χ2n) is 10.2. The third-order valence-corrected chi connectivity index (χ3v) is 6.56. The summed E-state index contributed by atoms with van der Waals surface area (Å²) in [6.07, 6.45) is -1.39. The van der Waals surface area contributed by atoms with E-state index in [4.69, 9.17) is 38.4 Å². The lowest BCUT2D eigenvalue weighted by Gasteiger charge is -2.25. The second-order valence-corrected chi connectivity index (χ2v) is 11.0. The van der Waals surface area contributed by atoms with Crippen LogP contribution in [-0.2, 0) is 11.3 Å². The fraction of sp³-hybridized carbons (Fsp3) is 0.310. The Morgan fingerprint density at radius 1 is 1.10 bits per heavy atom. The maximum atomic E-state index is 12.7. The second kappa shape index (κ2) is 12.3. The molecule has 4 rings (SSSR count). The van der Waals surface area contributed by atoms with Gasteiger partial charge in [-0.05, 0) is 56.2 Å². The number of carbonyl (C=O) groups is 1. The van der Waals surface area contributed by atoms with Crippen molar-refractivity contribution in [1.29, 1.82) is 0 Å². The van der Waals surface area contributed by atoms with Crippen molar-refractivity contribution in [2.75, 3.05) is 25.4 Å². The highest BCUT2D eigenvalue weighted by Crippen LogP contribution is 2.28. The van der Waals surface area contributed by atoms with Crippen LogP contribution in [-0.4, -0.2) is 51.2 Å². The van der Waals surface area contributed by atoms with Crippen LogP contribution in [0.25, 0.3) is 10.9 Å². The molecule has 206 valence electrons. The minimum atomic E-state index is -0.769. The average Bonchev–Trinajstić information content (AvgIpc) is 3.21. The van der Waals surface area contributed by atoms with Gasteiger partial charge in [0.2, 0.25) is 0 Å². The molecule has 0 bridgehead atoms. The Balaban J connectivity index is 1.47. The van der Waals surface area contributed by atoms with Crippen molar-refractivity contribution < 1.29 is 19.4 Å². The molecule has 3 aromatic carbocycles. The molecule has 3 N–H and O–H groups in total. The molecule has 1 aromatic heterocycles. The van der Waals surface area contributed by atoms with Crippen LogP contribution < -0.4 is 10.5 Å². The van der Waals surface area contributed by atoms with Gasteiger partial charge in [-0.15, -0.1) is 5.10 Å². The first kappa shape index (κ1) is 28.7. The number of nitrogens with zero attached hydrogens (tertiary/aromatic N) is 3. The molecule has 0 radical (unpaired) electrons. The predicted molar refractivity (Wildman–Crippen MR) is 154 cm³/mol. The first-order valence-electron chi connectivity index (χ1n) is 12.5. The summed E-state index contributed by atoms with van der Waals surface area (Å²) in [5.74, 6) is 0.551. The van der Waals surface area contributed by atoms with Crippen LogP contribution >= 0.6 is 23.2 Å². The summed E-state index contributed by atoms with van der Waals surface area (Å²) in [4.78, 5) is 14.8. The number of hydrogen-bond donors (Lipinski definition) is 2. The molecule has 1 atom stereocenters. The molecule has 1 heterocycles. The summed E-state index contributed by atoms with van der Waals surface area (Å²) in [6.45, 7) is 7.19. The summed E-state index contributed by atoms with van der Waals surface area (Å²) in [7, 11) is 0. The normalized spacial score (nSPS) is 12.6. The van der Waals surface area contributed by atoms with Crippen LogP contribution in [0, 0.1) is 0 Å². The molecule has 0 spiro atoms. The Labute approximate surface area is 237 Å². The molecule has 0 saturated carbocycles. The van der Waals surface area contributed by atoms with E-state index in [9.17, 15) is 9.90 Å². The highest BCUT2D eigenvalue weighted by Gasteiger charge is 2.22. The van der Waals surface area contributed by atoms with Gasteiger partial charge in [-0.2, -0.15) is 4.68 Å². The van der Waals surface area contributed by atoms with Crippen LogP contribution in [0.15, 0.2) is 66.7 Å². The zero-order chi connectivity index (χ0) is 28.2. The average molecular weight is 572 g/mol. The van der Waals surface area contributed by atoms with Gasteiger partial charge in [-0.3, -0.25) is 4.90 Å². The van der Waals surface area contributed by atoms with E-state index in [0.29, 0.717) is 59.2 Å². The molecular weight excluding hydrogens is 539 g/mol. The summed E-state index contributed by atoms with van der Waals surface area (Å²) in [6, 6.07) is 20.4. The molecule has 0 aliphatic rings. The monoisotopic (exact) mass is 570 g/mol. The zero-order valence-electron chi connectivity index (χ0n) is 22.1. The lowest BCUT2D eigenvalue weighted by molar-refractivity contribution is 0.0522. The number of rotatable bonds is 9. The topological polar surface area (TPSA) is 103 Å². The van der Waals surface area contributed by atoms with Crippen molar-refractivity contribution in [2.24, 2.45) is 0 Å². The number of aromatic nitrogens is 2. The van der Waals surface area contributed by atoms with Crippen LogP contribution in [0.2, 0.25) is 10.2 Å². The van der Waals surface area contributed by atoms with Crippen LogP contribution in [0.1, 0.15) is 38.0 Å². The standard InChI is InChI=1S/C29H32Cl2N4O4/c1-29(2,3)39-28(37)35-25-16-21(10-11-22(25)27(31)33-35)38-14-13-34(17-19-7-5-4-6-8-19)18-26(36)20-9-12-23(30)24(32)15-20/h4-12,15-16,26,36H,13-14,17-18,32H2,1-3H3/t26-/m0/s1. The summed E-state index contributed by atoms with van der Waals surface area (Å²) >= 11 is 12.3. The van der Waals surface area contributed by atoms with Crippen molar-refractivity contribution in [3.05, 3.63) is 88.0 Å². The van der Waals surface area contributed by atoms with Crippen molar-refractivity contribution in [1.82, 2.24) is 14.7 Å². The lowest BCUT2D eigenvalue weighted by atomic mass is 10.1. The van der Waals surface area contributed by atoms with Crippen LogP contribution in [0.3, 0.4) is 0 Å². The third kappa shape index (κ3) is 7.64. The first-order valence-corrected chi connectivity index (χ1v) is 13.3. The van der Waals surface area contributed by atoms with E-state index >= 15 is 0 Å². The highest BCUT2D eigenvalue weighted by molar-refractivity contribution is 6.34. The van der Waals surface area contributed by atoms with E-state index in [-0.39, 0.29) is 5.15 Å². The number of nitrogen functional groups attached to an aromatic ring is 1. The zero-order valence-corrected chi connectivity index (χ0v) is 23.6. The number of aliphatic hydroxyl groups is 1. The van der Waals surface area contributed by atoms with E-state index in [1.165, 1.54) is 0 Å². The van der Waals surface area contributed by atoms with E-state index in [0.717, 1.165) is 10.2 Å². The third-order valence-electron chi connectivity index (χ3n) is 5.94. The minimum Gasteiger partial charge on any atom is -0.492 e. The maximum absolute atomic E-state index is 12.7. The maximum Gasteiger partial charge on any atom is 0.435 e. The molecule has 0 fully saturated rings. The number of aliphatic hydroxyl groups excluding tert-OH is 1. The van der Waals surface area contributed by atoms with Crippen molar-refractivity contribution in [3.63, 3.8) is 0 Å². The smallest absolute Gasteiger partial charge is 0.435 e.